The van der Waals surface area contributed by atoms with Gasteiger partial charge in [-0.3, -0.25) is 4.79 Å². The second-order valence-electron chi connectivity index (χ2n) is 5.63. The first-order chi connectivity index (χ1) is 9.86. The molecule has 0 atom stereocenters. The van der Waals surface area contributed by atoms with Crippen LogP contribution in [0.2, 0.25) is 0 Å². The molecule has 1 aliphatic rings. The molecule has 20 heavy (non-hydrogen) atoms. The first-order valence-corrected chi connectivity index (χ1v) is 7.39. The molecule has 2 heteroatoms. The van der Waals surface area contributed by atoms with Gasteiger partial charge < -0.3 is 4.57 Å². The van der Waals surface area contributed by atoms with Crippen molar-refractivity contribution in [3.63, 3.8) is 0 Å². The molecule has 0 aliphatic carbocycles. The summed E-state index contributed by atoms with van der Waals surface area (Å²) in [6.45, 7) is 0.844. The lowest BCUT2D eigenvalue weighted by molar-refractivity contribution is 0.575. The number of para-hydroxylation sites is 1. The van der Waals surface area contributed by atoms with Gasteiger partial charge in [-0.1, -0.05) is 42.8 Å². The topological polar surface area (TPSA) is 22.0 Å². The number of aryl methyl sites for hydroxylation is 2. The second-order valence-corrected chi connectivity index (χ2v) is 5.63. The van der Waals surface area contributed by atoms with Crippen LogP contribution in [0, 0.1) is 0 Å². The predicted molar refractivity (Wildman–Crippen MR) is 83.3 cm³/mol. The van der Waals surface area contributed by atoms with Gasteiger partial charge in [-0.15, -0.1) is 0 Å². The van der Waals surface area contributed by atoms with Crippen LogP contribution in [-0.4, -0.2) is 4.57 Å². The Balaban J connectivity index is 2.27. The molecule has 0 saturated carbocycles. The molecule has 3 aromatic rings. The van der Waals surface area contributed by atoms with Gasteiger partial charge in [-0.2, -0.15) is 0 Å². The molecule has 0 N–H and O–H groups in total. The van der Waals surface area contributed by atoms with Gasteiger partial charge in [0.2, 0.25) is 0 Å². The molecule has 0 bridgehead atoms. The summed E-state index contributed by atoms with van der Waals surface area (Å²) in [5, 5.41) is 3.16. The van der Waals surface area contributed by atoms with E-state index in [1.165, 1.54) is 23.8 Å². The van der Waals surface area contributed by atoms with Crippen molar-refractivity contribution < 1.29 is 0 Å². The molecule has 0 amide bonds. The van der Waals surface area contributed by atoms with Crippen LogP contribution >= 0.6 is 0 Å². The summed E-state index contributed by atoms with van der Waals surface area (Å²) in [4.78, 5) is 12.8. The van der Waals surface area contributed by atoms with Gasteiger partial charge in [-0.25, -0.2) is 0 Å². The van der Waals surface area contributed by atoms with Gasteiger partial charge in [0.25, 0.3) is 5.56 Å². The summed E-state index contributed by atoms with van der Waals surface area (Å²) in [7, 11) is 0. The molecular formula is C18H17NO. The van der Waals surface area contributed by atoms with E-state index >= 15 is 0 Å². The van der Waals surface area contributed by atoms with Crippen molar-refractivity contribution in [3.8, 4) is 0 Å². The highest BCUT2D eigenvalue weighted by molar-refractivity contribution is 6.06. The third-order valence-electron chi connectivity index (χ3n) is 4.41. The highest BCUT2D eigenvalue weighted by Crippen LogP contribution is 2.28. The fraction of sp³-hybridized carbons (Fsp3) is 0.278. The second kappa shape index (κ2) is 4.48. The smallest absolute Gasteiger partial charge is 0.258 e. The summed E-state index contributed by atoms with van der Waals surface area (Å²) >= 11 is 0. The maximum Gasteiger partial charge on any atom is 0.258 e. The minimum atomic E-state index is 0.169. The zero-order valence-electron chi connectivity index (χ0n) is 11.4. The maximum atomic E-state index is 12.8. The van der Waals surface area contributed by atoms with E-state index in [0.29, 0.717) is 0 Å². The van der Waals surface area contributed by atoms with E-state index in [1.807, 2.05) is 22.8 Å². The molecule has 0 unspecified atom stereocenters. The van der Waals surface area contributed by atoms with E-state index < -0.39 is 0 Å². The first kappa shape index (κ1) is 11.7. The Morgan fingerprint density at radius 3 is 2.50 bits per heavy atom. The third-order valence-corrected chi connectivity index (χ3v) is 4.41. The number of fused-ring (bicyclic) bond motifs is 2. The number of benzene rings is 2. The molecule has 2 heterocycles. The molecular weight excluding hydrogens is 246 g/mol. The Morgan fingerprint density at radius 2 is 1.60 bits per heavy atom. The largest absolute Gasteiger partial charge is 0.307 e. The number of nitrogens with zero attached hydrogens (tertiary/aromatic N) is 1. The number of hydrogen-bond acceptors (Lipinski definition) is 1. The average Bonchev–Trinajstić information content (AvgIpc) is 2.47. The number of aromatic nitrogens is 1. The molecule has 0 spiro atoms. The molecule has 0 saturated heterocycles. The SMILES string of the molecule is O=c1c2ccccc2c2cccc3c2n1CCCCC3. The van der Waals surface area contributed by atoms with Crippen LogP contribution in [0.15, 0.2) is 47.3 Å². The van der Waals surface area contributed by atoms with Gasteiger partial charge in [-0.05, 0) is 36.3 Å². The van der Waals surface area contributed by atoms with Crippen LogP contribution in [0.4, 0.5) is 0 Å². The van der Waals surface area contributed by atoms with Crippen molar-refractivity contribution in [2.45, 2.75) is 32.2 Å². The van der Waals surface area contributed by atoms with E-state index in [1.54, 1.807) is 0 Å². The number of pyridine rings is 1. The van der Waals surface area contributed by atoms with Crippen molar-refractivity contribution in [3.05, 3.63) is 58.4 Å². The molecule has 2 aromatic carbocycles. The minimum absolute atomic E-state index is 0.169. The highest BCUT2D eigenvalue weighted by Gasteiger charge is 2.14. The van der Waals surface area contributed by atoms with Gasteiger partial charge in [0.05, 0.1) is 5.52 Å². The normalized spacial score (nSPS) is 15.2. The zero-order valence-corrected chi connectivity index (χ0v) is 11.4. The number of hydrogen-bond donors (Lipinski definition) is 0. The summed E-state index contributed by atoms with van der Waals surface area (Å²) in [5.41, 5.74) is 2.66. The van der Waals surface area contributed by atoms with E-state index in [4.69, 9.17) is 0 Å². The number of rotatable bonds is 0. The molecule has 1 aromatic heterocycles. The van der Waals surface area contributed by atoms with Crippen molar-refractivity contribution in [2.75, 3.05) is 0 Å². The summed E-state index contributed by atoms with van der Waals surface area (Å²) in [6, 6.07) is 14.4. The van der Waals surface area contributed by atoms with Gasteiger partial charge in [0.15, 0.2) is 0 Å². The lowest BCUT2D eigenvalue weighted by Crippen LogP contribution is -2.22. The van der Waals surface area contributed by atoms with E-state index in [-0.39, 0.29) is 5.56 Å². The maximum absolute atomic E-state index is 12.8. The van der Waals surface area contributed by atoms with Crippen LogP contribution in [0.3, 0.4) is 0 Å². The lowest BCUT2D eigenvalue weighted by atomic mass is 9.98. The van der Waals surface area contributed by atoms with Gasteiger partial charge in [0.1, 0.15) is 0 Å². The Labute approximate surface area is 117 Å². The van der Waals surface area contributed by atoms with E-state index in [2.05, 4.69) is 24.3 Å². The quantitative estimate of drug-likeness (QED) is 0.564. The van der Waals surface area contributed by atoms with Crippen molar-refractivity contribution >= 4 is 21.7 Å². The monoisotopic (exact) mass is 263 g/mol. The fourth-order valence-electron chi connectivity index (χ4n) is 3.46. The summed E-state index contributed by atoms with van der Waals surface area (Å²) in [6.07, 6.45) is 4.60. The van der Waals surface area contributed by atoms with Gasteiger partial charge in [0, 0.05) is 17.3 Å². The summed E-state index contributed by atoms with van der Waals surface area (Å²) < 4.78 is 2.01. The van der Waals surface area contributed by atoms with Gasteiger partial charge >= 0.3 is 0 Å². The van der Waals surface area contributed by atoms with Crippen molar-refractivity contribution in [1.82, 2.24) is 4.57 Å². The average molecular weight is 263 g/mol. The molecule has 100 valence electrons. The lowest BCUT2D eigenvalue weighted by Gasteiger charge is -2.18. The molecule has 1 aliphatic heterocycles. The van der Waals surface area contributed by atoms with E-state index in [9.17, 15) is 4.79 Å². The molecule has 2 nitrogen and oxygen atoms in total. The minimum Gasteiger partial charge on any atom is -0.307 e. The Kier molecular flexibility index (Phi) is 2.62. The molecule has 0 fully saturated rings. The Morgan fingerprint density at radius 1 is 0.800 bits per heavy atom. The predicted octanol–water partition coefficient (Wildman–Crippen LogP) is 3.88. The van der Waals surface area contributed by atoms with Crippen LogP contribution in [0.25, 0.3) is 21.7 Å². The van der Waals surface area contributed by atoms with E-state index in [0.717, 1.165) is 35.7 Å². The van der Waals surface area contributed by atoms with Crippen LogP contribution in [0.5, 0.6) is 0 Å². The first-order valence-electron chi connectivity index (χ1n) is 7.39. The van der Waals surface area contributed by atoms with Crippen LogP contribution in [0.1, 0.15) is 24.8 Å². The standard InChI is InChI=1S/C18H17NO/c20-18-16-10-4-3-9-14(16)15-11-6-8-13-7-2-1-5-12-19(18)17(13)15/h3-4,6,8-11H,1-2,5,7,12H2. The van der Waals surface area contributed by atoms with Crippen LogP contribution < -0.4 is 5.56 Å². The third kappa shape index (κ3) is 1.61. The van der Waals surface area contributed by atoms with Crippen molar-refractivity contribution in [1.29, 1.82) is 0 Å². The highest BCUT2D eigenvalue weighted by atomic mass is 16.1. The van der Waals surface area contributed by atoms with Crippen molar-refractivity contribution in [2.24, 2.45) is 0 Å². The fourth-order valence-corrected chi connectivity index (χ4v) is 3.46. The molecule has 4 rings (SSSR count). The summed E-state index contributed by atoms with van der Waals surface area (Å²) in [5.74, 6) is 0. The zero-order chi connectivity index (χ0) is 13.5. The molecule has 0 radical (unpaired) electrons. The Bertz CT molecular complexity index is 860. The van der Waals surface area contributed by atoms with Crippen LogP contribution in [-0.2, 0) is 13.0 Å². The Hall–Kier alpha value is -2.09.